The van der Waals surface area contributed by atoms with E-state index in [0.29, 0.717) is 5.69 Å². The van der Waals surface area contributed by atoms with Crippen molar-refractivity contribution in [2.24, 2.45) is 5.73 Å². The Balaban J connectivity index is 3.30. The smallest absolute Gasteiger partial charge is 0.249 e. The van der Waals surface area contributed by atoms with Gasteiger partial charge in [-0.05, 0) is 27.7 Å². The van der Waals surface area contributed by atoms with Crippen LogP contribution < -0.4 is 5.73 Å². The summed E-state index contributed by atoms with van der Waals surface area (Å²) in [6.07, 6.45) is 0. The molecule has 0 amide bonds. The number of nitrogens with zero attached hydrogens (tertiary/aromatic N) is 2. The molecule has 0 radical (unpaired) electrons. The lowest BCUT2D eigenvalue weighted by atomic mass is 10.4. The largest absolute Gasteiger partial charge is 0.392 e. The Kier molecular flexibility index (Phi) is 4.46. The van der Waals surface area contributed by atoms with Crippen LogP contribution in [0.25, 0.3) is 0 Å². The second kappa shape index (κ2) is 5.33. The summed E-state index contributed by atoms with van der Waals surface area (Å²) >= 11 is 4.79. The molecule has 0 fully saturated rings. The van der Waals surface area contributed by atoms with Crippen molar-refractivity contribution in [2.75, 3.05) is 6.54 Å². The van der Waals surface area contributed by atoms with Gasteiger partial charge in [-0.25, -0.2) is 8.42 Å². The molecule has 0 atom stereocenters. The van der Waals surface area contributed by atoms with Crippen molar-refractivity contribution < 1.29 is 12.9 Å². The summed E-state index contributed by atoms with van der Waals surface area (Å²) in [5.41, 5.74) is 5.78. The molecule has 0 aliphatic carbocycles. The highest BCUT2D eigenvalue weighted by atomic mass is 32.2. The molecule has 8 heteroatoms. The lowest BCUT2D eigenvalue weighted by Crippen LogP contribution is -2.42. The molecule has 6 nitrogen and oxygen atoms in total. The minimum absolute atomic E-state index is 0.000602. The highest BCUT2D eigenvalue weighted by molar-refractivity contribution is 7.89. The van der Waals surface area contributed by atoms with Gasteiger partial charge in [-0.1, -0.05) is 17.4 Å². The van der Waals surface area contributed by atoms with E-state index in [0.717, 1.165) is 0 Å². The first-order valence-electron chi connectivity index (χ1n) is 5.41. The second-order valence-electron chi connectivity index (χ2n) is 4.26. The SMILES string of the molecule is Cc1noc(C)c1S(=O)(=O)N(CC(N)=S)C(C)C. The highest BCUT2D eigenvalue weighted by Gasteiger charge is 2.32. The quantitative estimate of drug-likeness (QED) is 0.813. The maximum Gasteiger partial charge on any atom is 0.249 e. The fourth-order valence-electron chi connectivity index (χ4n) is 1.66. The lowest BCUT2D eigenvalue weighted by molar-refractivity contribution is 0.381. The van der Waals surface area contributed by atoms with Gasteiger partial charge in [0.2, 0.25) is 10.0 Å². The van der Waals surface area contributed by atoms with Crippen LogP contribution in [0.5, 0.6) is 0 Å². The molecule has 0 aromatic carbocycles. The van der Waals surface area contributed by atoms with E-state index in [1.54, 1.807) is 27.7 Å². The summed E-state index contributed by atoms with van der Waals surface area (Å²) in [7, 11) is -3.70. The number of hydrogen-bond acceptors (Lipinski definition) is 5. The summed E-state index contributed by atoms with van der Waals surface area (Å²) in [5, 5.41) is 3.66. The van der Waals surface area contributed by atoms with Gasteiger partial charge in [0.15, 0.2) is 5.76 Å². The van der Waals surface area contributed by atoms with Crippen molar-refractivity contribution in [3.05, 3.63) is 11.5 Å². The van der Waals surface area contributed by atoms with E-state index >= 15 is 0 Å². The van der Waals surface area contributed by atoms with Crippen molar-refractivity contribution in [2.45, 2.75) is 38.6 Å². The monoisotopic (exact) mass is 291 g/mol. The molecule has 0 saturated heterocycles. The maximum absolute atomic E-state index is 12.5. The average Bonchev–Trinajstić information content (AvgIpc) is 2.54. The molecule has 0 spiro atoms. The van der Waals surface area contributed by atoms with Gasteiger partial charge in [-0.2, -0.15) is 4.31 Å². The highest BCUT2D eigenvalue weighted by Crippen LogP contribution is 2.24. The minimum Gasteiger partial charge on any atom is -0.392 e. The molecule has 0 bridgehead atoms. The molecule has 1 heterocycles. The van der Waals surface area contributed by atoms with Crippen LogP contribution in [0.2, 0.25) is 0 Å². The van der Waals surface area contributed by atoms with Crippen LogP contribution in [0.1, 0.15) is 25.3 Å². The third-order valence-corrected chi connectivity index (χ3v) is 4.82. The van der Waals surface area contributed by atoms with Gasteiger partial charge < -0.3 is 10.3 Å². The van der Waals surface area contributed by atoms with E-state index in [1.807, 2.05) is 0 Å². The number of hydrogen-bond donors (Lipinski definition) is 1. The third kappa shape index (κ3) is 2.88. The van der Waals surface area contributed by atoms with Crippen molar-refractivity contribution in [1.82, 2.24) is 9.46 Å². The maximum atomic E-state index is 12.5. The van der Waals surface area contributed by atoms with Gasteiger partial charge in [0.25, 0.3) is 0 Å². The number of sulfonamides is 1. The molecule has 0 saturated carbocycles. The Morgan fingerprint density at radius 2 is 2.06 bits per heavy atom. The molecular formula is C10H17N3O3S2. The van der Waals surface area contributed by atoms with Crippen LogP contribution >= 0.6 is 12.2 Å². The Labute approximate surface area is 112 Å². The number of aryl methyl sites for hydroxylation is 2. The van der Waals surface area contributed by atoms with Crippen LogP contribution in [0.3, 0.4) is 0 Å². The van der Waals surface area contributed by atoms with Gasteiger partial charge >= 0.3 is 0 Å². The van der Waals surface area contributed by atoms with Gasteiger partial charge in [0, 0.05) is 6.04 Å². The van der Waals surface area contributed by atoms with Crippen molar-refractivity contribution in [3.63, 3.8) is 0 Å². The van der Waals surface area contributed by atoms with Crippen molar-refractivity contribution >= 4 is 27.2 Å². The summed E-state index contributed by atoms with van der Waals surface area (Å²) in [6.45, 7) is 6.66. The Bertz CT molecular complexity index is 529. The molecule has 1 aromatic rings. The van der Waals surface area contributed by atoms with Gasteiger partial charge in [0.05, 0.1) is 11.5 Å². The summed E-state index contributed by atoms with van der Waals surface area (Å²) < 4.78 is 31.2. The number of nitrogens with two attached hydrogens (primary N) is 1. The van der Waals surface area contributed by atoms with Crippen LogP contribution in [-0.4, -0.2) is 35.5 Å². The molecule has 2 N–H and O–H groups in total. The van der Waals surface area contributed by atoms with E-state index in [2.05, 4.69) is 5.16 Å². The fourth-order valence-corrected chi connectivity index (χ4v) is 3.79. The van der Waals surface area contributed by atoms with E-state index in [-0.39, 0.29) is 28.2 Å². The number of thiocarbonyl (C=S) groups is 1. The van der Waals surface area contributed by atoms with Gasteiger partial charge in [0.1, 0.15) is 10.6 Å². The van der Waals surface area contributed by atoms with Crippen LogP contribution in [0, 0.1) is 13.8 Å². The molecule has 1 rings (SSSR count). The van der Waals surface area contributed by atoms with E-state index < -0.39 is 10.0 Å². The third-order valence-electron chi connectivity index (χ3n) is 2.42. The Morgan fingerprint density at radius 3 is 2.39 bits per heavy atom. The summed E-state index contributed by atoms with van der Waals surface area (Å²) in [6, 6.07) is -0.259. The number of aromatic nitrogens is 1. The molecule has 0 unspecified atom stereocenters. The average molecular weight is 291 g/mol. The first kappa shape index (κ1) is 15.1. The normalized spacial score (nSPS) is 12.3. The van der Waals surface area contributed by atoms with Crippen LogP contribution in [0.15, 0.2) is 9.42 Å². The zero-order valence-electron chi connectivity index (χ0n) is 10.8. The zero-order valence-corrected chi connectivity index (χ0v) is 12.4. The van der Waals surface area contributed by atoms with E-state index in [9.17, 15) is 8.42 Å². The zero-order chi connectivity index (χ0) is 14.1. The number of rotatable bonds is 5. The van der Waals surface area contributed by atoms with Crippen molar-refractivity contribution in [1.29, 1.82) is 0 Å². The predicted molar refractivity (Wildman–Crippen MR) is 71.8 cm³/mol. The first-order valence-corrected chi connectivity index (χ1v) is 7.25. The van der Waals surface area contributed by atoms with Crippen LogP contribution in [-0.2, 0) is 10.0 Å². The summed E-state index contributed by atoms with van der Waals surface area (Å²) in [5.74, 6) is 0.265. The minimum atomic E-state index is -3.70. The Morgan fingerprint density at radius 1 is 1.50 bits per heavy atom. The van der Waals surface area contributed by atoms with E-state index in [4.69, 9.17) is 22.5 Å². The molecule has 0 aliphatic heterocycles. The molecule has 18 heavy (non-hydrogen) atoms. The van der Waals surface area contributed by atoms with Gasteiger partial charge in [-0.3, -0.25) is 0 Å². The standard InChI is InChI=1S/C10H17N3O3S2/c1-6(2)13(5-9(11)17)18(14,15)10-7(3)12-16-8(10)4/h6H,5H2,1-4H3,(H2,11,17). The predicted octanol–water partition coefficient (Wildman–Crippen LogP) is 0.977. The lowest BCUT2D eigenvalue weighted by Gasteiger charge is -2.25. The first-order chi connectivity index (χ1) is 8.17. The molecular weight excluding hydrogens is 274 g/mol. The summed E-state index contributed by atoms with van der Waals surface area (Å²) in [4.78, 5) is 0.214. The van der Waals surface area contributed by atoms with Crippen LogP contribution in [0.4, 0.5) is 0 Å². The Hall–Kier alpha value is -0.990. The van der Waals surface area contributed by atoms with Gasteiger partial charge in [-0.15, -0.1) is 0 Å². The molecule has 102 valence electrons. The second-order valence-corrected chi connectivity index (χ2v) is 6.62. The van der Waals surface area contributed by atoms with Crippen molar-refractivity contribution in [3.8, 4) is 0 Å². The molecule has 1 aromatic heterocycles. The topological polar surface area (TPSA) is 89.4 Å². The van der Waals surface area contributed by atoms with E-state index in [1.165, 1.54) is 4.31 Å². The fraction of sp³-hybridized carbons (Fsp3) is 0.600. The molecule has 0 aliphatic rings.